The van der Waals surface area contributed by atoms with Crippen LogP contribution in [0.25, 0.3) is 0 Å². The largest absolute Gasteiger partial charge is 0.491 e. The SMILES string of the molecule is CC(C)Oc1cccc(C(O)c2ccc(F)cc2Br)c1. The summed E-state index contributed by atoms with van der Waals surface area (Å²) in [7, 11) is 0. The second kappa shape index (κ2) is 6.37. The molecule has 2 rings (SSSR count). The molecule has 106 valence electrons. The average Bonchev–Trinajstić information content (AvgIpc) is 2.37. The van der Waals surface area contributed by atoms with Crippen LogP contribution in [0.2, 0.25) is 0 Å². The summed E-state index contributed by atoms with van der Waals surface area (Å²) in [6, 6.07) is 11.5. The Morgan fingerprint density at radius 2 is 1.90 bits per heavy atom. The monoisotopic (exact) mass is 338 g/mol. The van der Waals surface area contributed by atoms with Gasteiger partial charge in [0.15, 0.2) is 0 Å². The molecule has 0 aliphatic rings. The van der Waals surface area contributed by atoms with Crippen molar-refractivity contribution in [1.82, 2.24) is 0 Å². The fraction of sp³-hybridized carbons (Fsp3) is 0.250. The molecule has 1 N–H and O–H groups in total. The van der Waals surface area contributed by atoms with Gasteiger partial charge in [0.05, 0.1) is 6.10 Å². The zero-order chi connectivity index (χ0) is 14.7. The van der Waals surface area contributed by atoms with Crippen LogP contribution in [-0.4, -0.2) is 11.2 Å². The van der Waals surface area contributed by atoms with E-state index in [9.17, 15) is 9.50 Å². The van der Waals surface area contributed by atoms with Crippen LogP contribution in [0.4, 0.5) is 4.39 Å². The number of hydrogen-bond donors (Lipinski definition) is 1. The summed E-state index contributed by atoms with van der Waals surface area (Å²) in [4.78, 5) is 0. The van der Waals surface area contributed by atoms with Crippen LogP contribution >= 0.6 is 15.9 Å². The highest BCUT2D eigenvalue weighted by Crippen LogP contribution is 2.30. The third-order valence-corrected chi connectivity index (χ3v) is 3.49. The van der Waals surface area contributed by atoms with Gasteiger partial charge in [0.1, 0.15) is 17.7 Å². The third kappa shape index (κ3) is 3.58. The molecule has 1 atom stereocenters. The molecule has 0 saturated carbocycles. The van der Waals surface area contributed by atoms with Gasteiger partial charge in [-0.3, -0.25) is 0 Å². The Morgan fingerprint density at radius 1 is 1.15 bits per heavy atom. The van der Waals surface area contributed by atoms with Crippen molar-refractivity contribution >= 4 is 15.9 Å². The summed E-state index contributed by atoms with van der Waals surface area (Å²) in [5, 5.41) is 10.4. The lowest BCUT2D eigenvalue weighted by molar-refractivity contribution is 0.215. The molecule has 4 heteroatoms. The van der Waals surface area contributed by atoms with Gasteiger partial charge in [-0.2, -0.15) is 0 Å². The lowest BCUT2D eigenvalue weighted by Gasteiger charge is -2.16. The highest BCUT2D eigenvalue weighted by Gasteiger charge is 2.15. The quantitative estimate of drug-likeness (QED) is 0.891. The molecule has 2 aromatic carbocycles. The normalized spacial score (nSPS) is 12.5. The van der Waals surface area contributed by atoms with E-state index in [1.165, 1.54) is 12.1 Å². The fourth-order valence-electron chi connectivity index (χ4n) is 1.93. The van der Waals surface area contributed by atoms with Crippen LogP contribution in [0.3, 0.4) is 0 Å². The second-order valence-electron chi connectivity index (χ2n) is 4.81. The number of rotatable bonds is 4. The highest BCUT2D eigenvalue weighted by molar-refractivity contribution is 9.10. The summed E-state index contributed by atoms with van der Waals surface area (Å²) < 4.78 is 19.2. The maximum Gasteiger partial charge on any atom is 0.124 e. The van der Waals surface area contributed by atoms with Gasteiger partial charge in [0, 0.05) is 4.47 Å². The lowest BCUT2D eigenvalue weighted by Crippen LogP contribution is -2.07. The van der Waals surface area contributed by atoms with Gasteiger partial charge in [-0.1, -0.05) is 34.1 Å². The number of aliphatic hydroxyl groups excluding tert-OH is 1. The molecule has 2 aromatic rings. The zero-order valence-corrected chi connectivity index (χ0v) is 12.9. The molecule has 0 amide bonds. The Bertz CT molecular complexity index is 599. The number of halogens is 2. The van der Waals surface area contributed by atoms with Gasteiger partial charge < -0.3 is 9.84 Å². The molecule has 0 aliphatic carbocycles. The number of aliphatic hydroxyl groups is 1. The molecule has 0 aromatic heterocycles. The Hall–Kier alpha value is -1.39. The summed E-state index contributed by atoms with van der Waals surface area (Å²) in [6.45, 7) is 3.89. The maximum absolute atomic E-state index is 13.1. The Labute approximate surface area is 126 Å². The Morgan fingerprint density at radius 3 is 2.55 bits per heavy atom. The summed E-state index contributed by atoms with van der Waals surface area (Å²) in [6.07, 6.45) is -0.763. The van der Waals surface area contributed by atoms with Crippen LogP contribution in [0.5, 0.6) is 5.75 Å². The summed E-state index contributed by atoms with van der Waals surface area (Å²) in [5.41, 5.74) is 1.32. The van der Waals surface area contributed by atoms with Gasteiger partial charge in [0.2, 0.25) is 0 Å². The molecule has 0 aliphatic heterocycles. The molecule has 0 radical (unpaired) electrons. The first-order chi connectivity index (χ1) is 9.47. The fourth-order valence-corrected chi connectivity index (χ4v) is 2.50. The van der Waals surface area contributed by atoms with E-state index < -0.39 is 6.10 Å². The Kier molecular flexibility index (Phi) is 4.78. The van der Waals surface area contributed by atoms with E-state index in [2.05, 4.69) is 15.9 Å². The van der Waals surface area contributed by atoms with Crippen molar-refractivity contribution in [2.75, 3.05) is 0 Å². The first-order valence-electron chi connectivity index (χ1n) is 6.37. The first-order valence-corrected chi connectivity index (χ1v) is 7.16. The topological polar surface area (TPSA) is 29.5 Å². The molecule has 2 nitrogen and oxygen atoms in total. The minimum Gasteiger partial charge on any atom is -0.491 e. The maximum atomic E-state index is 13.1. The van der Waals surface area contributed by atoms with Crippen LogP contribution in [0, 0.1) is 5.82 Å². The van der Waals surface area contributed by atoms with Crippen molar-refractivity contribution in [1.29, 1.82) is 0 Å². The summed E-state index contributed by atoms with van der Waals surface area (Å²) in [5.74, 6) is 0.361. The van der Waals surface area contributed by atoms with Gasteiger partial charge >= 0.3 is 0 Å². The molecule has 1 unspecified atom stereocenters. The van der Waals surface area contributed by atoms with Crippen molar-refractivity contribution in [2.45, 2.75) is 26.1 Å². The van der Waals surface area contributed by atoms with Gasteiger partial charge in [-0.25, -0.2) is 4.39 Å². The van der Waals surface area contributed by atoms with Crippen LogP contribution in [0.15, 0.2) is 46.9 Å². The van der Waals surface area contributed by atoms with E-state index >= 15 is 0 Å². The van der Waals surface area contributed by atoms with Crippen molar-refractivity contribution < 1.29 is 14.2 Å². The number of hydrogen-bond acceptors (Lipinski definition) is 2. The van der Waals surface area contributed by atoms with Crippen molar-refractivity contribution in [3.05, 3.63) is 63.9 Å². The molecule has 0 fully saturated rings. The van der Waals surface area contributed by atoms with Crippen LogP contribution in [-0.2, 0) is 0 Å². The predicted molar refractivity (Wildman–Crippen MR) is 80.4 cm³/mol. The van der Waals surface area contributed by atoms with Crippen molar-refractivity contribution in [3.8, 4) is 5.75 Å². The standard InChI is InChI=1S/C16H16BrFO2/c1-10(2)20-13-5-3-4-11(8-13)16(19)14-7-6-12(18)9-15(14)17/h3-10,16,19H,1-2H3. The lowest BCUT2D eigenvalue weighted by atomic mass is 10.0. The van der Waals surface area contributed by atoms with E-state index in [0.29, 0.717) is 21.3 Å². The van der Waals surface area contributed by atoms with Crippen molar-refractivity contribution in [2.24, 2.45) is 0 Å². The average molecular weight is 339 g/mol. The van der Waals surface area contributed by atoms with Crippen LogP contribution < -0.4 is 4.74 Å². The first kappa shape index (κ1) is 15.0. The number of benzene rings is 2. The molecular formula is C16H16BrFO2. The van der Waals surface area contributed by atoms with Gasteiger partial charge in [-0.05, 0) is 49.2 Å². The van der Waals surface area contributed by atoms with Crippen molar-refractivity contribution in [3.63, 3.8) is 0 Å². The molecule has 0 heterocycles. The van der Waals surface area contributed by atoms with E-state index in [1.54, 1.807) is 12.1 Å². The third-order valence-electron chi connectivity index (χ3n) is 2.80. The van der Waals surface area contributed by atoms with Gasteiger partial charge in [-0.15, -0.1) is 0 Å². The van der Waals surface area contributed by atoms with E-state index in [1.807, 2.05) is 32.0 Å². The predicted octanol–water partition coefficient (Wildman–Crippen LogP) is 4.46. The zero-order valence-electron chi connectivity index (χ0n) is 11.3. The number of ether oxygens (including phenoxy) is 1. The van der Waals surface area contributed by atoms with E-state index in [0.717, 1.165) is 0 Å². The summed E-state index contributed by atoms with van der Waals surface area (Å²) >= 11 is 3.27. The molecular weight excluding hydrogens is 323 g/mol. The molecule has 0 bridgehead atoms. The van der Waals surface area contributed by atoms with Gasteiger partial charge in [0.25, 0.3) is 0 Å². The Balaban J connectivity index is 2.30. The minimum atomic E-state index is -0.833. The molecule has 20 heavy (non-hydrogen) atoms. The second-order valence-corrected chi connectivity index (χ2v) is 5.66. The minimum absolute atomic E-state index is 0.0694. The highest BCUT2D eigenvalue weighted by atomic mass is 79.9. The molecule has 0 saturated heterocycles. The molecule has 0 spiro atoms. The van der Waals surface area contributed by atoms with Crippen LogP contribution in [0.1, 0.15) is 31.1 Å². The smallest absolute Gasteiger partial charge is 0.124 e. The van der Waals surface area contributed by atoms with E-state index in [4.69, 9.17) is 4.74 Å². The van der Waals surface area contributed by atoms with E-state index in [-0.39, 0.29) is 11.9 Å².